The standard InChI is InChI=1S/C28H28N2O3/c31-18-24(15-19-7-2-1-3-8-19)29-27(32)26-25-12-6-11-23(25)17-30(26)28(33)22-14-13-20-9-4-5-10-21(20)16-22/h1-5,7-10,13-14,16,18,23-26H,6,11-12,15,17H2,(H,29,32)/t23-,24+,25-,26-/m0/s1. The molecule has 1 aliphatic heterocycles. The van der Waals surface area contributed by atoms with Crippen LogP contribution in [-0.4, -0.2) is 41.6 Å². The van der Waals surface area contributed by atoms with Gasteiger partial charge in [0.1, 0.15) is 12.3 Å². The molecule has 1 saturated carbocycles. The SMILES string of the molecule is O=C[C@@H](Cc1ccccc1)NC(=O)[C@@H]1[C@H]2CCC[C@H]2CN1C(=O)c1ccc2ccccc2c1. The fourth-order valence-corrected chi connectivity index (χ4v) is 5.61. The molecular formula is C28H28N2O3. The zero-order valence-electron chi connectivity index (χ0n) is 18.5. The lowest BCUT2D eigenvalue weighted by atomic mass is 9.93. The second-order valence-corrected chi connectivity index (χ2v) is 9.26. The van der Waals surface area contributed by atoms with Gasteiger partial charge in [-0.2, -0.15) is 0 Å². The van der Waals surface area contributed by atoms with Crippen molar-refractivity contribution >= 4 is 28.9 Å². The summed E-state index contributed by atoms with van der Waals surface area (Å²) < 4.78 is 0. The van der Waals surface area contributed by atoms with Gasteiger partial charge in [-0.3, -0.25) is 9.59 Å². The molecule has 0 unspecified atom stereocenters. The number of amides is 2. The molecule has 1 aliphatic carbocycles. The Morgan fingerprint density at radius 2 is 1.73 bits per heavy atom. The molecule has 0 spiro atoms. The normalized spacial score (nSPS) is 22.7. The number of nitrogens with zero attached hydrogens (tertiary/aromatic N) is 1. The largest absolute Gasteiger partial charge is 0.344 e. The summed E-state index contributed by atoms with van der Waals surface area (Å²) in [5.74, 6) is 0.167. The van der Waals surface area contributed by atoms with Gasteiger partial charge in [0, 0.05) is 12.1 Å². The summed E-state index contributed by atoms with van der Waals surface area (Å²) in [5, 5.41) is 5.02. The van der Waals surface area contributed by atoms with E-state index in [1.807, 2.05) is 72.8 Å². The minimum absolute atomic E-state index is 0.110. The molecule has 5 heteroatoms. The highest BCUT2D eigenvalue weighted by atomic mass is 16.2. The van der Waals surface area contributed by atoms with Crippen molar-refractivity contribution < 1.29 is 14.4 Å². The van der Waals surface area contributed by atoms with E-state index in [1.165, 1.54) is 0 Å². The molecule has 0 bridgehead atoms. The summed E-state index contributed by atoms with van der Waals surface area (Å²) in [7, 11) is 0. The molecule has 1 heterocycles. The maximum absolute atomic E-state index is 13.6. The number of fused-ring (bicyclic) bond motifs is 2. The lowest BCUT2D eigenvalue weighted by Crippen LogP contribution is -2.51. The second kappa shape index (κ2) is 9.18. The van der Waals surface area contributed by atoms with Crippen LogP contribution in [0.1, 0.15) is 35.2 Å². The Labute approximate surface area is 193 Å². The maximum Gasteiger partial charge on any atom is 0.254 e. The van der Waals surface area contributed by atoms with E-state index >= 15 is 0 Å². The molecule has 33 heavy (non-hydrogen) atoms. The van der Waals surface area contributed by atoms with Crippen LogP contribution in [0.5, 0.6) is 0 Å². The summed E-state index contributed by atoms with van der Waals surface area (Å²) in [5.41, 5.74) is 1.59. The lowest BCUT2D eigenvalue weighted by molar-refractivity contribution is -0.128. The van der Waals surface area contributed by atoms with Crippen LogP contribution in [0.4, 0.5) is 0 Å². The van der Waals surface area contributed by atoms with E-state index in [0.717, 1.165) is 41.9 Å². The van der Waals surface area contributed by atoms with Crippen molar-refractivity contribution in [1.82, 2.24) is 10.2 Å². The molecule has 5 rings (SSSR count). The summed E-state index contributed by atoms with van der Waals surface area (Å²) in [6.07, 6.45) is 4.29. The molecule has 4 atom stereocenters. The van der Waals surface area contributed by atoms with Crippen LogP contribution < -0.4 is 5.32 Å². The minimum Gasteiger partial charge on any atom is -0.344 e. The highest BCUT2D eigenvalue weighted by molar-refractivity contribution is 6.01. The highest BCUT2D eigenvalue weighted by Crippen LogP contribution is 2.43. The number of hydrogen-bond acceptors (Lipinski definition) is 3. The molecule has 2 aliphatic rings. The lowest BCUT2D eigenvalue weighted by Gasteiger charge is -2.28. The summed E-state index contributed by atoms with van der Waals surface area (Å²) in [4.78, 5) is 40.5. The molecular weight excluding hydrogens is 412 g/mol. The number of rotatable bonds is 6. The number of benzene rings is 3. The average molecular weight is 441 g/mol. The van der Waals surface area contributed by atoms with E-state index in [2.05, 4.69) is 5.32 Å². The molecule has 3 aromatic rings. The quantitative estimate of drug-likeness (QED) is 0.589. The number of likely N-dealkylation sites (tertiary alicyclic amines) is 1. The van der Waals surface area contributed by atoms with Crippen molar-refractivity contribution in [3.63, 3.8) is 0 Å². The average Bonchev–Trinajstić information content (AvgIpc) is 3.45. The topological polar surface area (TPSA) is 66.5 Å². The van der Waals surface area contributed by atoms with Gasteiger partial charge in [-0.25, -0.2) is 0 Å². The molecule has 1 N–H and O–H groups in total. The van der Waals surface area contributed by atoms with Crippen LogP contribution in [-0.2, 0) is 16.0 Å². The number of carbonyl (C=O) groups is 3. The van der Waals surface area contributed by atoms with Gasteiger partial charge >= 0.3 is 0 Å². The maximum atomic E-state index is 13.6. The van der Waals surface area contributed by atoms with Crippen molar-refractivity contribution in [2.45, 2.75) is 37.8 Å². The van der Waals surface area contributed by atoms with Crippen molar-refractivity contribution in [1.29, 1.82) is 0 Å². The van der Waals surface area contributed by atoms with Gasteiger partial charge in [0.2, 0.25) is 5.91 Å². The molecule has 5 nitrogen and oxygen atoms in total. The molecule has 2 fully saturated rings. The van der Waals surface area contributed by atoms with E-state index in [-0.39, 0.29) is 17.7 Å². The third-order valence-electron chi connectivity index (χ3n) is 7.21. The molecule has 2 amide bonds. The first-order valence-corrected chi connectivity index (χ1v) is 11.7. The van der Waals surface area contributed by atoms with Crippen molar-refractivity contribution in [2.24, 2.45) is 11.8 Å². The summed E-state index contributed by atoms with van der Waals surface area (Å²) in [6, 6.07) is 22.2. The Balaban J connectivity index is 1.38. The Kier molecular flexibility index (Phi) is 5.95. The minimum atomic E-state index is -0.613. The first-order chi connectivity index (χ1) is 16.1. The highest BCUT2D eigenvalue weighted by Gasteiger charge is 2.49. The predicted octanol–water partition coefficient (Wildman–Crippen LogP) is 4.01. The van der Waals surface area contributed by atoms with Crippen LogP contribution in [0.25, 0.3) is 10.8 Å². The van der Waals surface area contributed by atoms with Crippen LogP contribution in [0.2, 0.25) is 0 Å². The first kappa shape index (κ1) is 21.4. The van der Waals surface area contributed by atoms with E-state index in [1.54, 1.807) is 4.90 Å². The van der Waals surface area contributed by atoms with E-state index < -0.39 is 12.1 Å². The third-order valence-corrected chi connectivity index (χ3v) is 7.21. The number of carbonyl (C=O) groups excluding carboxylic acids is 3. The van der Waals surface area contributed by atoms with Gasteiger partial charge in [0.05, 0.1) is 6.04 Å². The van der Waals surface area contributed by atoms with Gasteiger partial charge in [-0.15, -0.1) is 0 Å². The number of nitrogens with one attached hydrogen (secondary N) is 1. The first-order valence-electron chi connectivity index (χ1n) is 11.7. The molecule has 0 radical (unpaired) electrons. The van der Waals surface area contributed by atoms with Gasteiger partial charge in [0.25, 0.3) is 5.91 Å². The fourth-order valence-electron chi connectivity index (χ4n) is 5.61. The monoisotopic (exact) mass is 440 g/mol. The van der Waals surface area contributed by atoms with E-state index in [0.29, 0.717) is 24.4 Å². The van der Waals surface area contributed by atoms with E-state index in [9.17, 15) is 14.4 Å². The number of hydrogen-bond donors (Lipinski definition) is 1. The predicted molar refractivity (Wildman–Crippen MR) is 128 cm³/mol. The van der Waals surface area contributed by atoms with E-state index in [4.69, 9.17) is 0 Å². The summed E-state index contributed by atoms with van der Waals surface area (Å²) in [6.45, 7) is 0.596. The van der Waals surface area contributed by atoms with Crippen molar-refractivity contribution in [2.75, 3.05) is 6.54 Å². The van der Waals surface area contributed by atoms with Crippen LogP contribution in [0.15, 0.2) is 72.8 Å². The van der Waals surface area contributed by atoms with Crippen molar-refractivity contribution in [3.8, 4) is 0 Å². The Morgan fingerprint density at radius 3 is 2.52 bits per heavy atom. The third kappa shape index (κ3) is 4.28. The Bertz CT molecular complexity index is 1180. The zero-order valence-corrected chi connectivity index (χ0v) is 18.5. The van der Waals surface area contributed by atoms with Gasteiger partial charge in [-0.05, 0) is 59.6 Å². The second-order valence-electron chi connectivity index (χ2n) is 9.26. The van der Waals surface area contributed by atoms with Gasteiger partial charge in [0.15, 0.2) is 0 Å². The zero-order chi connectivity index (χ0) is 22.8. The fraction of sp³-hybridized carbons (Fsp3) is 0.321. The smallest absolute Gasteiger partial charge is 0.254 e. The molecule has 168 valence electrons. The molecule has 3 aromatic carbocycles. The number of aldehydes is 1. The van der Waals surface area contributed by atoms with Gasteiger partial charge < -0.3 is 15.0 Å². The molecule has 1 saturated heterocycles. The van der Waals surface area contributed by atoms with Crippen LogP contribution in [0.3, 0.4) is 0 Å². The Hall–Kier alpha value is -3.47. The van der Waals surface area contributed by atoms with Crippen molar-refractivity contribution in [3.05, 3.63) is 83.9 Å². The van der Waals surface area contributed by atoms with Crippen LogP contribution in [0, 0.1) is 11.8 Å². The van der Waals surface area contributed by atoms with Gasteiger partial charge in [-0.1, -0.05) is 67.1 Å². The Morgan fingerprint density at radius 1 is 0.970 bits per heavy atom. The summed E-state index contributed by atoms with van der Waals surface area (Å²) >= 11 is 0. The molecule has 0 aromatic heterocycles. The van der Waals surface area contributed by atoms with Crippen LogP contribution >= 0.6 is 0 Å².